The van der Waals surface area contributed by atoms with Crippen LogP contribution in [0.2, 0.25) is 0 Å². The Morgan fingerprint density at radius 1 is 1.29 bits per heavy atom. The molecule has 0 unspecified atom stereocenters. The van der Waals surface area contributed by atoms with Crippen LogP contribution in [-0.4, -0.2) is 36.2 Å². The fraction of sp³-hybridized carbons (Fsp3) is 0.545. The Bertz CT molecular complexity index is 338. The average Bonchev–Trinajstić information content (AvgIpc) is 2.38. The molecule has 94 valence electrons. The molecule has 4 N–H and O–H groups in total. The summed E-state index contributed by atoms with van der Waals surface area (Å²) in [5.74, 6) is 0.456. The summed E-state index contributed by atoms with van der Waals surface area (Å²) in [5, 5.41) is 13.4. The highest BCUT2D eigenvalue weighted by molar-refractivity contribution is 5.91. The number of hydrogen-bond donors (Lipinski definition) is 3. The Kier molecular flexibility index (Phi) is 5.95. The zero-order valence-electron chi connectivity index (χ0n) is 10.1. The Morgan fingerprint density at radius 3 is 2.71 bits per heavy atom. The lowest BCUT2D eigenvalue weighted by Gasteiger charge is -2.04. The number of carbonyl (C=O) groups is 1. The molecule has 1 aromatic heterocycles. The standard InChI is InChI=1S/C11H19N5O/c1-13-11(17)9-5-6-10(16-15-9)14-8-4-2-3-7-12/h5-6H,2-4,7-8,12H2,1H3,(H,13,17)(H,14,16). The van der Waals surface area contributed by atoms with Crippen LogP contribution in [0.5, 0.6) is 0 Å². The summed E-state index contributed by atoms with van der Waals surface area (Å²) in [4.78, 5) is 11.2. The molecule has 0 aliphatic heterocycles. The summed E-state index contributed by atoms with van der Waals surface area (Å²) < 4.78 is 0. The first-order valence-electron chi connectivity index (χ1n) is 5.77. The average molecular weight is 237 g/mol. The molecule has 0 spiro atoms. The minimum Gasteiger partial charge on any atom is -0.369 e. The number of aromatic nitrogens is 2. The monoisotopic (exact) mass is 237 g/mol. The molecule has 1 amide bonds. The van der Waals surface area contributed by atoms with Crippen LogP contribution >= 0.6 is 0 Å². The maximum atomic E-state index is 11.2. The highest BCUT2D eigenvalue weighted by Gasteiger charge is 2.04. The van der Waals surface area contributed by atoms with Crippen LogP contribution in [0.3, 0.4) is 0 Å². The largest absolute Gasteiger partial charge is 0.369 e. The molecule has 17 heavy (non-hydrogen) atoms. The molecule has 0 aliphatic carbocycles. The van der Waals surface area contributed by atoms with Crippen LogP contribution in [0, 0.1) is 0 Å². The number of anilines is 1. The van der Waals surface area contributed by atoms with E-state index in [1.165, 1.54) is 0 Å². The van der Waals surface area contributed by atoms with Crippen molar-refractivity contribution in [3.05, 3.63) is 17.8 Å². The third kappa shape index (κ3) is 4.78. The normalized spacial score (nSPS) is 10.0. The second-order valence-electron chi connectivity index (χ2n) is 3.66. The highest BCUT2D eigenvalue weighted by Crippen LogP contribution is 2.03. The van der Waals surface area contributed by atoms with Gasteiger partial charge in [-0.2, -0.15) is 0 Å². The van der Waals surface area contributed by atoms with Crippen molar-refractivity contribution >= 4 is 11.7 Å². The Hall–Kier alpha value is -1.69. The molecule has 0 bridgehead atoms. The van der Waals surface area contributed by atoms with Gasteiger partial charge in [0.05, 0.1) is 0 Å². The summed E-state index contributed by atoms with van der Waals surface area (Å²) in [6.45, 7) is 1.58. The van der Waals surface area contributed by atoms with Crippen molar-refractivity contribution in [1.29, 1.82) is 0 Å². The van der Waals surface area contributed by atoms with Crippen LogP contribution in [0.4, 0.5) is 5.82 Å². The van der Waals surface area contributed by atoms with Crippen LogP contribution in [0.15, 0.2) is 12.1 Å². The predicted molar refractivity (Wildman–Crippen MR) is 66.8 cm³/mol. The van der Waals surface area contributed by atoms with Gasteiger partial charge >= 0.3 is 0 Å². The van der Waals surface area contributed by atoms with Gasteiger partial charge < -0.3 is 16.4 Å². The lowest BCUT2D eigenvalue weighted by Crippen LogP contribution is -2.19. The lowest BCUT2D eigenvalue weighted by molar-refractivity contribution is 0.0957. The summed E-state index contributed by atoms with van der Waals surface area (Å²) >= 11 is 0. The number of nitrogens with two attached hydrogens (primary N) is 1. The van der Waals surface area contributed by atoms with Crippen LogP contribution in [-0.2, 0) is 0 Å². The van der Waals surface area contributed by atoms with E-state index in [2.05, 4.69) is 20.8 Å². The predicted octanol–water partition coefficient (Wildman–Crippen LogP) is 0.377. The molecule has 0 aliphatic rings. The molecule has 1 aromatic rings. The number of amides is 1. The van der Waals surface area contributed by atoms with E-state index < -0.39 is 0 Å². The zero-order valence-corrected chi connectivity index (χ0v) is 10.1. The van der Waals surface area contributed by atoms with Crippen LogP contribution in [0.25, 0.3) is 0 Å². The fourth-order valence-corrected chi connectivity index (χ4v) is 1.34. The Morgan fingerprint density at radius 2 is 2.12 bits per heavy atom. The lowest BCUT2D eigenvalue weighted by atomic mass is 10.2. The van der Waals surface area contributed by atoms with Crippen molar-refractivity contribution in [2.45, 2.75) is 19.3 Å². The molecular weight excluding hydrogens is 218 g/mol. The highest BCUT2D eigenvalue weighted by atomic mass is 16.1. The van der Waals surface area contributed by atoms with Gasteiger partial charge in [-0.05, 0) is 31.5 Å². The van der Waals surface area contributed by atoms with Gasteiger partial charge in [0.25, 0.3) is 5.91 Å². The van der Waals surface area contributed by atoms with Gasteiger partial charge in [0.1, 0.15) is 5.82 Å². The second-order valence-corrected chi connectivity index (χ2v) is 3.66. The van der Waals surface area contributed by atoms with E-state index in [1.807, 2.05) is 0 Å². The molecule has 6 heteroatoms. The van der Waals surface area contributed by atoms with E-state index in [0.717, 1.165) is 32.4 Å². The molecule has 1 heterocycles. The first kappa shape index (κ1) is 13.4. The smallest absolute Gasteiger partial charge is 0.271 e. The molecule has 0 saturated heterocycles. The van der Waals surface area contributed by atoms with Gasteiger partial charge in [-0.15, -0.1) is 10.2 Å². The van der Waals surface area contributed by atoms with E-state index in [4.69, 9.17) is 5.73 Å². The first-order chi connectivity index (χ1) is 8.27. The van der Waals surface area contributed by atoms with Crippen molar-refractivity contribution in [3.8, 4) is 0 Å². The maximum Gasteiger partial charge on any atom is 0.271 e. The van der Waals surface area contributed by atoms with Crippen molar-refractivity contribution in [3.63, 3.8) is 0 Å². The maximum absolute atomic E-state index is 11.2. The van der Waals surface area contributed by atoms with Gasteiger partial charge in [-0.25, -0.2) is 0 Å². The summed E-state index contributed by atoms with van der Waals surface area (Å²) in [6.07, 6.45) is 3.20. The van der Waals surface area contributed by atoms with Crippen molar-refractivity contribution in [1.82, 2.24) is 15.5 Å². The summed E-state index contributed by atoms with van der Waals surface area (Å²) in [6, 6.07) is 3.40. The van der Waals surface area contributed by atoms with Gasteiger partial charge in [-0.1, -0.05) is 6.42 Å². The number of unbranched alkanes of at least 4 members (excludes halogenated alkanes) is 2. The Labute approximate surface area is 101 Å². The molecule has 0 atom stereocenters. The zero-order chi connectivity index (χ0) is 12.5. The van der Waals surface area contributed by atoms with Crippen LogP contribution < -0.4 is 16.4 Å². The second kappa shape index (κ2) is 7.56. The molecule has 0 saturated carbocycles. The van der Waals surface area contributed by atoms with Crippen molar-refractivity contribution in [2.75, 3.05) is 25.5 Å². The number of nitrogens with zero attached hydrogens (tertiary/aromatic N) is 2. The fourth-order valence-electron chi connectivity index (χ4n) is 1.34. The van der Waals surface area contributed by atoms with Crippen LogP contribution in [0.1, 0.15) is 29.8 Å². The van der Waals surface area contributed by atoms with Gasteiger partial charge in [0, 0.05) is 13.6 Å². The molecular formula is C11H19N5O. The van der Waals surface area contributed by atoms with Crippen molar-refractivity contribution in [2.24, 2.45) is 5.73 Å². The number of carbonyl (C=O) groups excluding carboxylic acids is 1. The SMILES string of the molecule is CNC(=O)c1ccc(NCCCCCN)nn1. The van der Waals surface area contributed by atoms with E-state index >= 15 is 0 Å². The third-order valence-corrected chi connectivity index (χ3v) is 2.31. The minimum absolute atomic E-state index is 0.230. The molecule has 0 radical (unpaired) electrons. The molecule has 1 rings (SSSR count). The number of nitrogens with one attached hydrogen (secondary N) is 2. The number of rotatable bonds is 7. The molecule has 6 nitrogen and oxygen atoms in total. The summed E-state index contributed by atoms with van der Waals surface area (Å²) in [7, 11) is 1.56. The van der Waals surface area contributed by atoms with Gasteiger partial charge in [0.2, 0.25) is 0 Å². The van der Waals surface area contributed by atoms with E-state index in [-0.39, 0.29) is 5.91 Å². The third-order valence-electron chi connectivity index (χ3n) is 2.31. The number of hydrogen-bond acceptors (Lipinski definition) is 5. The van der Waals surface area contributed by atoms with E-state index in [1.54, 1.807) is 19.2 Å². The topological polar surface area (TPSA) is 92.9 Å². The van der Waals surface area contributed by atoms with Gasteiger partial charge in [0.15, 0.2) is 5.69 Å². The Balaban J connectivity index is 2.33. The van der Waals surface area contributed by atoms with Gasteiger partial charge in [-0.3, -0.25) is 4.79 Å². The quantitative estimate of drug-likeness (QED) is 0.596. The minimum atomic E-state index is -0.230. The molecule has 0 fully saturated rings. The van der Waals surface area contributed by atoms with E-state index in [9.17, 15) is 4.79 Å². The summed E-state index contributed by atoms with van der Waals surface area (Å²) in [5.41, 5.74) is 5.72. The first-order valence-corrected chi connectivity index (χ1v) is 5.77. The van der Waals surface area contributed by atoms with E-state index in [0.29, 0.717) is 11.5 Å². The molecule has 0 aromatic carbocycles. The van der Waals surface area contributed by atoms with Crippen molar-refractivity contribution < 1.29 is 4.79 Å².